The highest BCUT2D eigenvalue weighted by molar-refractivity contribution is 5.79. The summed E-state index contributed by atoms with van der Waals surface area (Å²) in [5.74, 6) is -0.750. The minimum Gasteiger partial charge on any atom is -0.481 e. The van der Waals surface area contributed by atoms with E-state index in [0.29, 0.717) is 32.5 Å². The SMILES string of the molecule is O=C(O)CC(O)CN1CCC(=O)CC1. The fraction of sp³-hybridized carbons (Fsp3) is 0.778. The lowest BCUT2D eigenvalue weighted by Gasteiger charge is -2.27. The van der Waals surface area contributed by atoms with Crippen molar-refractivity contribution in [2.75, 3.05) is 19.6 Å². The molecule has 0 saturated carbocycles. The van der Waals surface area contributed by atoms with Crippen molar-refractivity contribution in [3.05, 3.63) is 0 Å². The molecule has 0 aliphatic carbocycles. The third kappa shape index (κ3) is 3.85. The van der Waals surface area contributed by atoms with Gasteiger partial charge in [-0.05, 0) is 0 Å². The number of aliphatic carboxylic acids is 1. The highest BCUT2D eigenvalue weighted by atomic mass is 16.4. The van der Waals surface area contributed by atoms with E-state index in [4.69, 9.17) is 5.11 Å². The number of β-amino-alcohol motifs (C(OH)–C–C–N with tert-alkyl or cyclic N) is 1. The van der Waals surface area contributed by atoms with Gasteiger partial charge in [-0.15, -0.1) is 0 Å². The highest BCUT2D eigenvalue weighted by Crippen LogP contribution is 2.07. The number of Topliss-reactive ketones (excluding diaryl/α,β-unsaturated/α-hetero) is 1. The molecule has 14 heavy (non-hydrogen) atoms. The van der Waals surface area contributed by atoms with E-state index >= 15 is 0 Å². The van der Waals surface area contributed by atoms with Crippen LogP contribution in [-0.2, 0) is 9.59 Å². The summed E-state index contributed by atoms with van der Waals surface area (Å²) >= 11 is 0. The molecule has 0 bridgehead atoms. The van der Waals surface area contributed by atoms with Crippen molar-refractivity contribution >= 4 is 11.8 Å². The summed E-state index contributed by atoms with van der Waals surface area (Å²) < 4.78 is 0. The Bertz CT molecular complexity index is 219. The molecular weight excluding hydrogens is 186 g/mol. The van der Waals surface area contributed by atoms with Gasteiger partial charge in [-0.1, -0.05) is 0 Å². The maximum absolute atomic E-state index is 10.9. The third-order valence-corrected chi connectivity index (χ3v) is 2.29. The number of carboxylic acids is 1. The third-order valence-electron chi connectivity index (χ3n) is 2.29. The standard InChI is InChI=1S/C9H15NO4/c11-7-1-3-10(4-2-7)6-8(12)5-9(13)14/h8,12H,1-6H2,(H,13,14). The van der Waals surface area contributed by atoms with Gasteiger partial charge >= 0.3 is 5.97 Å². The van der Waals surface area contributed by atoms with E-state index in [2.05, 4.69) is 0 Å². The van der Waals surface area contributed by atoms with Crippen molar-refractivity contribution in [3.63, 3.8) is 0 Å². The zero-order valence-corrected chi connectivity index (χ0v) is 7.98. The van der Waals surface area contributed by atoms with E-state index in [1.165, 1.54) is 0 Å². The maximum atomic E-state index is 10.9. The molecule has 0 spiro atoms. The lowest BCUT2D eigenvalue weighted by molar-refractivity contribution is -0.139. The van der Waals surface area contributed by atoms with Crippen LogP contribution in [0.1, 0.15) is 19.3 Å². The van der Waals surface area contributed by atoms with Crippen LogP contribution in [0.3, 0.4) is 0 Å². The molecule has 5 nitrogen and oxygen atoms in total. The van der Waals surface area contributed by atoms with Crippen molar-refractivity contribution in [1.82, 2.24) is 4.90 Å². The molecule has 80 valence electrons. The van der Waals surface area contributed by atoms with Crippen molar-refractivity contribution in [2.24, 2.45) is 0 Å². The van der Waals surface area contributed by atoms with Gasteiger partial charge in [0.15, 0.2) is 0 Å². The van der Waals surface area contributed by atoms with E-state index in [1.807, 2.05) is 4.90 Å². The number of rotatable bonds is 4. The normalized spacial score (nSPS) is 20.8. The Morgan fingerprint density at radius 1 is 1.43 bits per heavy atom. The summed E-state index contributed by atoms with van der Waals surface area (Å²) in [6.07, 6.45) is -0.0370. The van der Waals surface area contributed by atoms with Crippen LogP contribution in [0.2, 0.25) is 0 Å². The first kappa shape index (κ1) is 11.1. The Morgan fingerprint density at radius 3 is 2.50 bits per heavy atom. The molecule has 0 aromatic heterocycles. The Labute approximate surface area is 82.3 Å². The lowest BCUT2D eigenvalue weighted by atomic mass is 10.1. The van der Waals surface area contributed by atoms with Crippen molar-refractivity contribution in [3.8, 4) is 0 Å². The fourth-order valence-electron chi connectivity index (χ4n) is 1.55. The number of aliphatic hydroxyl groups excluding tert-OH is 1. The van der Waals surface area contributed by atoms with Crippen LogP contribution >= 0.6 is 0 Å². The summed E-state index contributed by atoms with van der Waals surface area (Å²) in [4.78, 5) is 23.1. The molecule has 0 aromatic rings. The number of carbonyl (C=O) groups is 2. The van der Waals surface area contributed by atoms with Crippen molar-refractivity contribution in [2.45, 2.75) is 25.4 Å². The topological polar surface area (TPSA) is 77.8 Å². The first-order valence-corrected chi connectivity index (χ1v) is 4.72. The Balaban J connectivity index is 2.23. The minimum atomic E-state index is -0.995. The van der Waals surface area contributed by atoms with E-state index < -0.39 is 12.1 Å². The Hall–Kier alpha value is -0.940. The second-order valence-corrected chi connectivity index (χ2v) is 3.59. The van der Waals surface area contributed by atoms with E-state index in [1.54, 1.807) is 0 Å². The molecule has 5 heteroatoms. The second-order valence-electron chi connectivity index (χ2n) is 3.59. The Morgan fingerprint density at radius 2 is 2.00 bits per heavy atom. The minimum absolute atomic E-state index is 0.232. The summed E-state index contributed by atoms with van der Waals surface area (Å²) in [6.45, 7) is 1.62. The molecule has 2 N–H and O–H groups in total. The molecule has 1 unspecified atom stereocenters. The molecule has 0 aromatic carbocycles. The summed E-state index contributed by atoms with van der Waals surface area (Å²) in [5, 5.41) is 17.8. The number of aliphatic hydroxyl groups is 1. The smallest absolute Gasteiger partial charge is 0.306 e. The van der Waals surface area contributed by atoms with Crippen LogP contribution in [0, 0.1) is 0 Å². The van der Waals surface area contributed by atoms with Gasteiger partial charge in [0.1, 0.15) is 5.78 Å². The quantitative estimate of drug-likeness (QED) is 0.640. The molecule has 1 heterocycles. The lowest BCUT2D eigenvalue weighted by Crippen LogP contribution is -2.39. The number of ketones is 1. The van der Waals surface area contributed by atoms with Crippen LogP contribution in [0.25, 0.3) is 0 Å². The van der Waals surface area contributed by atoms with Gasteiger partial charge in [0.25, 0.3) is 0 Å². The number of nitrogens with zero attached hydrogens (tertiary/aromatic N) is 1. The average Bonchev–Trinajstić information content (AvgIpc) is 2.07. The van der Waals surface area contributed by atoms with E-state index in [9.17, 15) is 14.7 Å². The monoisotopic (exact) mass is 201 g/mol. The number of carboxylic acid groups (broad SMARTS) is 1. The number of hydrogen-bond donors (Lipinski definition) is 2. The molecule has 0 amide bonds. The van der Waals surface area contributed by atoms with Gasteiger partial charge in [-0.25, -0.2) is 0 Å². The van der Waals surface area contributed by atoms with Crippen LogP contribution < -0.4 is 0 Å². The molecule has 1 saturated heterocycles. The zero-order chi connectivity index (χ0) is 10.6. The van der Waals surface area contributed by atoms with Gasteiger partial charge in [0, 0.05) is 32.5 Å². The van der Waals surface area contributed by atoms with Crippen LogP contribution in [0.15, 0.2) is 0 Å². The zero-order valence-electron chi connectivity index (χ0n) is 7.98. The number of carbonyl (C=O) groups excluding carboxylic acids is 1. The predicted molar refractivity (Wildman–Crippen MR) is 48.9 cm³/mol. The molecule has 1 aliphatic heterocycles. The molecular formula is C9H15NO4. The number of piperidine rings is 1. The van der Waals surface area contributed by atoms with E-state index in [-0.39, 0.29) is 12.2 Å². The molecule has 1 atom stereocenters. The molecule has 1 fully saturated rings. The first-order chi connectivity index (χ1) is 6.58. The predicted octanol–water partition coefficient (Wildman–Crippen LogP) is -0.513. The van der Waals surface area contributed by atoms with Gasteiger partial charge < -0.3 is 10.2 Å². The van der Waals surface area contributed by atoms with Gasteiger partial charge in [0.05, 0.1) is 12.5 Å². The fourth-order valence-corrected chi connectivity index (χ4v) is 1.55. The highest BCUT2D eigenvalue weighted by Gasteiger charge is 2.19. The maximum Gasteiger partial charge on any atom is 0.306 e. The molecule has 1 rings (SSSR count). The number of likely N-dealkylation sites (tertiary alicyclic amines) is 1. The summed E-state index contributed by atoms with van der Waals surface area (Å²) in [5.41, 5.74) is 0. The van der Waals surface area contributed by atoms with E-state index in [0.717, 1.165) is 0 Å². The first-order valence-electron chi connectivity index (χ1n) is 4.72. The summed E-state index contributed by atoms with van der Waals surface area (Å²) in [6, 6.07) is 0. The average molecular weight is 201 g/mol. The van der Waals surface area contributed by atoms with Gasteiger partial charge in [-0.2, -0.15) is 0 Å². The van der Waals surface area contributed by atoms with Gasteiger partial charge in [-0.3, -0.25) is 14.5 Å². The van der Waals surface area contributed by atoms with Gasteiger partial charge in [0.2, 0.25) is 0 Å². The largest absolute Gasteiger partial charge is 0.481 e. The Kier molecular flexibility index (Phi) is 4.03. The van der Waals surface area contributed by atoms with Crippen LogP contribution in [0.4, 0.5) is 0 Å². The van der Waals surface area contributed by atoms with Crippen LogP contribution in [0.5, 0.6) is 0 Å². The number of hydrogen-bond acceptors (Lipinski definition) is 4. The van der Waals surface area contributed by atoms with Crippen molar-refractivity contribution in [1.29, 1.82) is 0 Å². The van der Waals surface area contributed by atoms with Crippen LogP contribution in [-0.4, -0.2) is 52.6 Å². The second kappa shape index (κ2) is 5.07. The molecule has 1 aliphatic rings. The summed E-state index contributed by atoms with van der Waals surface area (Å²) in [7, 11) is 0. The van der Waals surface area contributed by atoms with Crippen molar-refractivity contribution < 1.29 is 19.8 Å². The molecule has 0 radical (unpaired) electrons.